The molecule has 0 bridgehead atoms. The van der Waals surface area contributed by atoms with E-state index >= 15 is 0 Å². The number of aliphatic hydroxyl groups is 1. The largest absolute Gasteiger partial charge is 0.480 e. The smallest absolute Gasteiger partial charge is 0.320 e. The molecular weight excluding hydrogens is 262 g/mol. The molecule has 1 rings (SSSR count). The lowest BCUT2D eigenvalue weighted by Gasteiger charge is -2.32. The van der Waals surface area contributed by atoms with Crippen molar-refractivity contribution < 1.29 is 19.8 Å². The van der Waals surface area contributed by atoms with Gasteiger partial charge >= 0.3 is 12.0 Å². The summed E-state index contributed by atoms with van der Waals surface area (Å²) in [4.78, 5) is 28.4. The number of hydrogen-bond donors (Lipinski definition) is 2. The first kappa shape index (κ1) is 16.7. The Hall–Kier alpha value is -1.34. The number of urea groups is 1. The van der Waals surface area contributed by atoms with Gasteiger partial charge in [-0.25, -0.2) is 4.79 Å². The van der Waals surface area contributed by atoms with Crippen molar-refractivity contribution in [2.45, 2.75) is 26.3 Å². The summed E-state index contributed by atoms with van der Waals surface area (Å²) in [7, 11) is 0. The summed E-state index contributed by atoms with van der Waals surface area (Å²) in [5.41, 5.74) is 0. The standard InChI is InChI=1S/C13H25N3O4/c1-11(2)16(8-9-17)13(20)15-5-3-4-14(6-7-15)10-12(18)19/h11,17H,3-10H2,1-2H3,(H,18,19). The molecule has 1 saturated heterocycles. The summed E-state index contributed by atoms with van der Waals surface area (Å²) < 4.78 is 0. The summed E-state index contributed by atoms with van der Waals surface area (Å²) in [5, 5.41) is 17.8. The first-order valence-electron chi connectivity index (χ1n) is 7.06. The van der Waals surface area contributed by atoms with Gasteiger partial charge in [-0.2, -0.15) is 0 Å². The van der Waals surface area contributed by atoms with E-state index in [1.807, 2.05) is 18.7 Å². The zero-order valence-corrected chi connectivity index (χ0v) is 12.3. The highest BCUT2D eigenvalue weighted by atomic mass is 16.4. The van der Waals surface area contributed by atoms with Gasteiger partial charge in [-0.15, -0.1) is 0 Å². The molecule has 0 aromatic rings. The molecule has 0 aromatic heterocycles. The Morgan fingerprint density at radius 1 is 1.20 bits per heavy atom. The second kappa shape index (κ2) is 8.06. The van der Waals surface area contributed by atoms with Gasteiger partial charge in [0.15, 0.2) is 0 Å². The summed E-state index contributed by atoms with van der Waals surface area (Å²) in [6.45, 7) is 6.55. The van der Waals surface area contributed by atoms with Gasteiger partial charge in [0.2, 0.25) is 0 Å². The molecule has 0 unspecified atom stereocenters. The van der Waals surface area contributed by atoms with Crippen LogP contribution in [0.25, 0.3) is 0 Å². The third-order valence-electron chi connectivity index (χ3n) is 3.43. The predicted octanol–water partition coefficient (Wildman–Crippen LogP) is -0.0986. The molecule has 0 spiro atoms. The molecule has 7 nitrogen and oxygen atoms in total. The van der Waals surface area contributed by atoms with Gasteiger partial charge in [0.25, 0.3) is 0 Å². The van der Waals surface area contributed by atoms with Crippen LogP contribution in [0.15, 0.2) is 0 Å². The second-order valence-corrected chi connectivity index (χ2v) is 5.30. The fourth-order valence-electron chi connectivity index (χ4n) is 2.38. The minimum Gasteiger partial charge on any atom is -0.480 e. The molecule has 0 radical (unpaired) electrons. The Labute approximate surface area is 119 Å². The molecule has 0 atom stereocenters. The van der Waals surface area contributed by atoms with Crippen molar-refractivity contribution in [1.82, 2.24) is 14.7 Å². The number of nitrogens with zero attached hydrogens (tertiary/aromatic N) is 3. The van der Waals surface area contributed by atoms with E-state index in [-0.39, 0.29) is 25.2 Å². The molecule has 116 valence electrons. The van der Waals surface area contributed by atoms with Gasteiger partial charge in [-0.05, 0) is 20.3 Å². The van der Waals surface area contributed by atoms with E-state index in [0.717, 1.165) is 6.42 Å². The van der Waals surface area contributed by atoms with Crippen molar-refractivity contribution >= 4 is 12.0 Å². The van der Waals surface area contributed by atoms with Crippen LogP contribution in [0.4, 0.5) is 4.79 Å². The number of rotatable bonds is 5. The highest BCUT2D eigenvalue weighted by molar-refractivity contribution is 5.75. The van der Waals surface area contributed by atoms with Gasteiger partial charge in [0.05, 0.1) is 13.2 Å². The van der Waals surface area contributed by atoms with Crippen molar-refractivity contribution in [3.63, 3.8) is 0 Å². The minimum absolute atomic E-state index is 0.0204. The Bertz CT molecular complexity index is 336. The molecule has 20 heavy (non-hydrogen) atoms. The van der Waals surface area contributed by atoms with Crippen molar-refractivity contribution in [3.05, 3.63) is 0 Å². The number of hydrogen-bond acceptors (Lipinski definition) is 4. The SMILES string of the molecule is CC(C)N(CCO)C(=O)N1CCCN(CC(=O)O)CC1. The zero-order valence-electron chi connectivity index (χ0n) is 12.3. The quantitative estimate of drug-likeness (QED) is 0.738. The van der Waals surface area contributed by atoms with Crippen LogP contribution in [0.3, 0.4) is 0 Å². The molecular formula is C13H25N3O4. The van der Waals surface area contributed by atoms with Crippen LogP contribution in [0.1, 0.15) is 20.3 Å². The van der Waals surface area contributed by atoms with E-state index in [4.69, 9.17) is 10.2 Å². The van der Waals surface area contributed by atoms with Gasteiger partial charge in [-0.3, -0.25) is 9.69 Å². The first-order chi connectivity index (χ1) is 9.45. The van der Waals surface area contributed by atoms with Gasteiger partial charge in [-0.1, -0.05) is 0 Å². The lowest BCUT2D eigenvalue weighted by Crippen LogP contribution is -2.48. The second-order valence-electron chi connectivity index (χ2n) is 5.30. The number of carboxylic acid groups (broad SMARTS) is 1. The molecule has 1 fully saturated rings. The van der Waals surface area contributed by atoms with Gasteiger partial charge < -0.3 is 20.0 Å². The van der Waals surface area contributed by atoms with E-state index in [1.165, 1.54) is 0 Å². The van der Waals surface area contributed by atoms with Crippen LogP contribution in [0.5, 0.6) is 0 Å². The maximum atomic E-state index is 12.4. The van der Waals surface area contributed by atoms with Crippen molar-refractivity contribution in [2.75, 3.05) is 45.9 Å². The van der Waals surface area contributed by atoms with Crippen LogP contribution in [0, 0.1) is 0 Å². The monoisotopic (exact) mass is 287 g/mol. The third-order valence-corrected chi connectivity index (χ3v) is 3.43. The molecule has 0 aliphatic carbocycles. The topological polar surface area (TPSA) is 84.3 Å². The average Bonchev–Trinajstić information content (AvgIpc) is 2.59. The summed E-state index contributed by atoms with van der Waals surface area (Å²) in [6.07, 6.45) is 0.768. The number of aliphatic carboxylic acids is 1. The van der Waals surface area contributed by atoms with E-state index in [0.29, 0.717) is 32.7 Å². The maximum absolute atomic E-state index is 12.4. The molecule has 2 N–H and O–H groups in total. The number of carbonyl (C=O) groups is 2. The van der Waals surface area contributed by atoms with E-state index in [1.54, 1.807) is 9.80 Å². The zero-order chi connectivity index (χ0) is 15.1. The van der Waals surface area contributed by atoms with Crippen LogP contribution in [-0.2, 0) is 4.79 Å². The third kappa shape index (κ3) is 4.97. The average molecular weight is 287 g/mol. The molecule has 1 aliphatic heterocycles. The maximum Gasteiger partial charge on any atom is 0.320 e. The summed E-state index contributed by atoms with van der Waals surface area (Å²) in [5.74, 6) is -0.839. The van der Waals surface area contributed by atoms with E-state index in [2.05, 4.69) is 0 Å². The van der Waals surface area contributed by atoms with E-state index in [9.17, 15) is 9.59 Å². The molecule has 7 heteroatoms. The summed E-state index contributed by atoms with van der Waals surface area (Å²) in [6, 6.07) is -0.0424. The van der Waals surface area contributed by atoms with Gasteiger partial charge in [0, 0.05) is 38.8 Å². The number of aliphatic hydroxyl groups excluding tert-OH is 1. The fraction of sp³-hybridized carbons (Fsp3) is 0.846. The van der Waals surface area contributed by atoms with Crippen molar-refractivity contribution in [1.29, 1.82) is 0 Å². The van der Waals surface area contributed by atoms with Crippen LogP contribution < -0.4 is 0 Å². The van der Waals surface area contributed by atoms with Crippen LogP contribution >= 0.6 is 0 Å². The van der Waals surface area contributed by atoms with E-state index < -0.39 is 5.97 Å². The molecule has 2 amide bonds. The molecule has 0 saturated carbocycles. The minimum atomic E-state index is -0.839. The number of carboxylic acids is 1. The Kier molecular flexibility index (Phi) is 6.74. The van der Waals surface area contributed by atoms with Crippen LogP contribution in [0.2, 0.25) is 0 Å². The van der Waals surface area contributed by atoms with Crippen LogP contribution in [-0.4, -0.2) is 88.8 Å². The normalized spacial score (nSPS) is 17.1. The highest BCUT2D eigenvalue weighted by Crippen LogP contribution is 2.09. The van der Waals surface area contributed by atoms with Crippen molar-refractivity contribution in [3.8, 4) is 0 Å². The first-order valence-corrected chi connectivity index (χ1v) is 7.06. The Morgan fingerprint density at radius 2 is 1.90 bits per heavy atom. The molecule has 1 aliphatic rings. The fourth-order valence-corrected chi connectivity index (χ4v) is 2.38. The highest BCUT2D eigenvalue weighted by Gasteiger charge is 2.25. The lowest BCUT2D eigenvalue weighted by molar-refractivity contribution is -0.138. The number of amides is 2. The Balaban J connectivity index is 2.58. The van der Waals surface area contributed by atoms with Crippen molar-refractivity contribution in [2.24, 2.45) is 0 Å². The summed E-state index contributed by atoms with van der Waals surface area (Å²) >= 11 is 0. The van der Waals surface area contributed by atoms with Gasteiger partial charge in [0.1, 0.15) is 0 Å². The Morgan fingerprint density at radius 3 is 2.45 bits per heavy atom. The lowest BCUT2D eigenvalue weighted by atomic mass is 10.3. The predicted molar refractivity (Wildman–Crippen MR) is 74.6 cm³/mol. The molecule has 0 aromatic carbocycles. The molecule has 1 heterocycles. The number of carbonyl (C=O) groups excluding carboxylic acids is 1.